The fourth-order valence-corrected chi connectivity index (χ4v) is 3.24. The number of nitrogens with zero attached hydrogens (tertiary/aromatic N) is 1. The number of rotatable bonds is 4. The number of carbonyl (C=O) groups is 1. The van der Waals surface area contributed by atoms with Crippen LogP contribution < -0.4 is 10.1 Å². The number of benzene rings is 3. The van der Waals surface area contributed by atoms with Gasteiger partial charge in [-0.25, -0.2) is 4.98 Å². The molecule has 3 aromatic carbocycles. The summed E-state index contributed by atoms with van der Waals surface area (Å²) in [6.07, 6.45) is 0. The third-order valence-electron chi connectivity index (χ3n) is 4.07. The highest BCUT2D eigenvalue weighted by Gasteiger charge is 2.11. The Morgan fingerprint density at radius 2 is 1.89 bits per heavy atom. The fraction of sp³-hybridized carbons (Fsp3) is 0.0476. The van der Waals surface area contributed by atoms with Crippen LogP contribution in [0.2, 0.25) is 0 Å². The lowest BCUT2D eigenvalue weighted by Gasteiger charge is -2.05. The maximum absolute atomic E-state index is 12.4. The molecule has 0 atom stereocenters. The van der Waals surface area contributed by atoms with Crippen molar-refractivity contribution < 1.29 is 13.9 Å². The summed E-state index contributed by atoms with van der Waals surface area (Å²) >= 11 is 2.18. The largest absolute Gasteiger partial charge is 0.497 e. The van der Waals surface area contributed by atoms with Gasteiger partial charge in [0.05, 0.1) is 7.11 Å². The molecule has 5 nitrogen and oxygen atoms in total. The number of anilines is 1. The van der Waals surface area contributed by atoms with E-state index >= 15 is 0 Å². The molecule has 0 saturated heterocycles. The SMILES string of the molecule is COc1ccc(-c2nc3cc(NC(=O)c4cccc(I)c4)ccc3o2)cc1. The van der Waals surface area contributed by atoms with Crippen LogP contribution in [0.4, 0.5) is 5.69 Å². The van der Waals surface area contributed by atoms with E-state index in [1.165, 1.54) is 0 Å². The van der Waals surface area contributed by atoms with Crippen LogP contribution in [-0.4, -0.2) is 18.0 Å². The second-order valence-electron chi connectivity index (χ2n) is 5.89. The quantitative estimate of drug-likeness (QED) is 0.408. The van der Waals surface area contributed by atoms with Crippen molar-refractivity contribution in [1.82, 2.24) is 4.98 Å². The summed E-state index contributed by atoms with van der Waals surface area (Å²) in [6.45, 7) is 0. The molecule has 0 aliphatic rings. The van der Waals surface area contributed by atoms with Gasteiger partial charge >= 0.3 is 0 Å². The third-order valence-corrected chi connectivity index (χ3v) is 4.74. The average Bonchev–Trinajstić information content (AvgIpc) is 3.11. The highest BCUT2D eigenvalue weighted by molar-refractivity contribution is 14.1. The number of carbonyl (C=O) groups excluding carboxylic acids is 1. The molecule has 4 aromatic rings. The van der Waals surface area contributed by atoms with Gasteiger partial charge in [-0.05, 0) is 83.3 Å². The fourth-order valence-electron chi connectivity index (χ4n) is 2.70. The Labute approximate surface area is 169 Å². The van der Waals surface area contributed by atoms with Crippen molar-refractivity contribution in [3.05, 3.63) is 75.9 Å². The van der Waals surface area contributed by atoms with E-state index in [1.807, 2.05) is 42.5 Å². The predicted molar refractivity (Wildman–Crippen MR) is 113 cm³/mol. The summed E-state index contributed by atoms with van der Waals surface area (Å²) in [6, 6.07) is 20.3. The minimum absolute atomic E-state index is 0.160. The van der Waals surface area contributed by atoms with Gasteiger partial charge in [0.2, 0.25) is 5.89 Å². The van der Waals surface area contributed by atoms with Crippen molar-refractivity contribution in [1.29, 1.82) is 0 Å². The van der Waals surface area contributed by atoms with Crippen LogP contribution in [0.5, 0.6) is 5.75 Å². The average molecular weight is 470 g/mol. The maximum atomic E-state index is 12.4. The Bertz CT molecular complexity index is 1120. The van der Waals surface area contributed by atoms with Gasteiger partial charge in [-0.2, -0.15) is 0 Å². The molecular formula is C21H15IN2O3. The number of ether oxygens (including phenoxy) is 1. The molecule has 6 heteroatoms. The molecule has 1 N–H and O–H groups in total. The highest BCUT2D eigenvalue weighted by Crippen LogP contribution is 2.27. The minimum atomic E-state index is -0.160. The molecule has 1 heterocycles. The first-order valence-corrected chi connectivity index (χ1v) is 9.32. The number of fused-ring (bicyclic) bond motifs is 1. The van der Waals surface area contributed by atoms with Crippen molar-refractivity contribution in [2.45, 2.75) is 0 Å². The highest BCUT2D eigenvalue weighted by atomic mass is 127. The number of hydrogen-bond donors (Lipinski definition) is 1. The number of nitrogens with one attached hydrogen (secondary N) is 1. The zero-order valence-corrected chi connectivity index (χ0v) is 16.6. The first-order valence-electron chi connectivity index (χ1n) is 8.24. The molecule has 0 aliphatic heterocycles. The molecule has 0 radical (unpaired) electrons. The molecule has 1 amide bonds. The summed E-state index contributed by atoms with van der Waals surface area (Å²) < 4.78 is 12.0. The number of amides is 1. The van der Waals surface area contributed by atoms with Crippen molar-refractivity contribution in [3.63, 3.8) is 0 Å². The Morgan fingerprint density at radius 3 is 2.63 bits per heavy atom. The molecule has 0 unspecified atom stereocenters. The van der Waals surface area contributed by atoms with Crippen LogP contribution in [0, 0.1) is 3.57 Å². The van der Waals surface area contributed by atoms with Crippen LogP contribution in [0.1, 0.15) is 10.4 Å². The summed E-state index contributed by atoms with van der Waals surface area (Å²) in [5.41, 5.74) is 3.48. The molecule has 1 aromatic heterocycles. The molecular weight excluding hydrogens is 455 g/mol. The Kier molecular flexibility index (Phi) is 4.81. The van der Waals surface area contributed by atoms with E-state index < -0.39 is 0 Å². The topological polar surface area (TPSA) is 64.4 Å². The van der Waals surface area contributed by atoms with E-state index in [4.69, 9.17) is 9.15 Å². The second kappa shape index (κ2) is 7.40. The van der Waals surface area contributed by atoms with E-state index in [9.17, 15) is 4.79 Å². The van der Waals surface area contributed by atoms with Crippen LogP contribution >= 0.6 is 22.6 Å². The van der Waals surface area contributed by atoms with Crippen LogP contribution in [0.3, 0.4) is 0 Å². The number of methoxy groups -OCH3 is 1. The van der Waals surface area contributed by atoms with Gasteiger partial charge in [0.25, 0.3) is 5.91 Å². The van der Waals surface area contributed by atoms with Gasteiger partial charge in [0, 0.05) is 20.4 Å². The molecule has 0 aliphatic carbocycles. The molecule has 0 fully saturated rings. The van der Waals surface area contributed by atoms with E-state index in [2.05, 4.69) is 32.9 Å². The molecule has 134 valence electrons. The van der Waals surface area contributed by atoms with Crippen molar-refractivity contribution >= 4 is 45.3 Å². The third kappa shape index (κ3) is 3.80. The van der Waals surface area contributed by atoms with Gasteiger partial charge < -0.3 is 14.5 Å². The maximum Gasteiger partial charge on any atom is 0.255 e. The number of halogens is 1. The van der Waals surface area contributed by atoms with Gasteiger partial charge in [0.15, 0.2) is 5.58 Å². The van der Waals surface area contributed by atoms with E-state index in [1.54, 1.807) is 31.4 Å². The van der Waals surface area contributed by atoms with Crippen molar-refractivity contribution in [2.75, 3.05) is 12.4 Å². The second-order valence-corrected chi connectivity index (χ2v) is 7.14. The van der Waals surface area contributed by atoms with Crippen molar-refractivity contribution in [2.24, 2.45) is 0 Å². The molecule has 0 bridgehead atoms. The van der Waals surface area contributed by atoms with Gasteiger partial charge in [-0.1, -0.05) is 6.07 Å². The summed E-state index contributed by atoms with van der Waals surface area (Å²) in [4.78, 5) is 17.0. The number of hydrogen-bond acceptors (Lipinski definition) is 4. The first kappa shape index (κ1) is 17.5. The molecule has 0 saturated carbocycles. The lowest BCUT2D eigenvalue weighted by atomic mass is 10.2. The lowest BCUT2D eigenvalue weighted by Crippen LogP contribution is -2.11. The summed E-state index contributed by atoms with van der Waals surface area (Å²) in [7, 11) is 1.63. The minimum Gasteiger partial charge on any atom is -0.497 e. The Hall–Kier alpha value is -2.87. The zero-order valence-electron chi connectivity index (χ0n) is 14.4. The van der Waals surface area contributed by atoms with Crippen LogP contribution in [0.15, 0.2) is 71.1 Å². The van der Waals surface area contributed by atoms with Crippen LogP contribution in [0.25, 0.3) is 22.6 Å². The van der Waals surface area contributed by atoms with Crippen molar-refractivity contribution in [3.8, 4) is 17.2 Å². The van der Waals surface area contributed by atoms with Crippen LogP contribution in [-0.2, 0) is 0 Å². The van der Waals surface area contributed by atoms with Gasteiger partial charge in [-0.3, -0.25) is 4.79 Å². The first-order chi connectivity index (χ1) is 13.1. The Balaban J connectivity index is 1.59. The number of oxazole rings is 1. The lowest BCUT2D eigenvalue weighted by molar-refractivity contribution is 0.102. The summed E-state index contributed by atoms with van der Waals surface area (Å²) in [5.74, 6) is 1.14. The standard InChI is InChI=1S/C21H15IN2O3/c1-26-17-8-5-13(6-9-17)21-24-18-12-16(7-10-19(18)27-21)23-20(25)14-3-2-4-15(22)11-14/h2-12H,1H3,(H,23,25). The van der Waals surface area contributed by atoms with E-state index in [0.29, 0.717) is 28.2 Å². The van der Waals surface area contributed by atoms with E-state index in [-0.39, 0.29) is 5.91 Å². The van der Waals surface area contributed by atoms with Gasteiger partial charge in [-0.15, -0.1) is 0 Å². The molecule has 27 heavy (non-hydrogen) atoms. The van der Waals surface area contributed by atoms with E-state index in [0.717, 1.165) is 14.9 Å². The predicted octanol–water partition coefficient (Wildman–Crippen LogP) is 5.36. The summed E-state index contributed by atoms with van der Waals surface area (Å²) in [5, 5.41) is 2.90. The monoisotopic (exact) mass is 470 g/mol. The number of aromatic nitrogens is 1. The van der Waals surface area contributed by atoms with Gasteiger partial charge in [0.1, 0.15) is 11.3 Å². The molecule has 4 rings (SSSR count). The zero-order chi connectivity index (χ0) is 18.8. The Morgan fingerprint density at radius 1 is 1.07 bits per heavy atom. The normalized spacial score (nSPS) is 10.7. The molecule has 0 spiro atoms. The smallest absolute Gasteiger partial charge is 0.255 e.